The average molecular weight is 477 g/mol. The van der Waals surface area contributed by atoms with Crippen molar-refractivity contribution in [1.82, 2.24) is 25.0 Å². The molecule has 6 bridgehead atoms. The van der Waals surface area contributed by atoms with Crippen molar-refractivity contribution in [2.75, 3.05) is 18.5 Å². The third-order valence-corrected chi connectivity index (χ3v) is 9.15. The predicted molar refractivity (Wildman–Crippen MR) is 124 cm³/mol. The molecule has 5 heterocycles. The Bertz CT molecular complexity index is 1320. The summed E-state index contributed by atoms with van der Waals surface area (Å²) < 4.78 is 11.1. The summed E-state index contributed by atoms with van der Waals surface area (Å²) in [5.41, 5.74) is 1.93. The van der Waals surface area contributed by atoms with E-state index in [0.717, 1.165) is 60.8 Å². The summed E-state index contributed by atoms with van der Waals surface area (Å²) in [5.74, 6) is 1.64. The van der Waals surface area contributed by atoms with E-state index in [1.165, 1.54) is 0 Å². The van der Waals surface area contributed by atoms with Crippen LogP contribution < -0.4 is 5.32 Å². The van der Waals surface area contributed by atoms with Gasteiger partial charge in [0, 0.05) is 30.4 Å². The summed E-state index contributed by atoms with van der Waals surface area (Å²) in [7, 11) is 0. The molecular weight excluding hydrogens is 448 g/mol. The molecule has 2 aliphatic heterocycles. The van der Waals surface area contributed by atoms with Gasteiger partial charge in [-0.1, -0.05) is 5.16 Å². The SMILES string of the molecule is O=C(c1nc(-c2cnc3[nH]ccc3c2NC2[C@@H]3CC4C[C@H]2CC(O)(C4)C3)no1)N1C[C@@H]2C[C@H]1CO2. The molecular formula is C25H28N6O4. The molecule has 0 spiro atoms. The minimum Gasteiger partial charge on any atom is -0.390 e. The first-order chi connectivity index (χ1) is 17.0. The lowest BCUT2D eigenvalue weighted by Crippen LogP contribution is -2.59. The Morgan fingerprint density at radius 3 is 2.83 bits per heavy atom. The first-order valence-electron chi connectivity index (χ1n) is 12.7. The number of fused-ring (bicyclic) bond motifs is 3. The summed E-state index contributed by atoms with van der Waals surface area (Å²) in [6.07, 6.45) is 9.60. The van der Waals surface area contributed by atoms with Gasteiger partial charge in [-0.15, -0.1) is 0 Å². The molecule has 4 saturated carbocycles. The van der Waals surface area contributed by atoms with Crippen molar-refractivity contribution in [2.45, 2.75) is 62.3 Å². The van der Waals surface area contributed by atoms with Gasteiger partial charge in [0.05, 0.1) is 35.6 Å². The van der Waals surface area contributed by atoms with E-state index in [2.05, 4.69) is 25.4 Å². The van der Waals surface area contributed by atoms with E-state index in [1.807, 2.05) is 12.3 Å². The number of carbonyl (C=O) groups is 1. The highest BCUT2D eigenvalue weighted by atomic mass is 16.5. The van der Waals surface area contributed by atoms with Crippen molar-refractivity contribution in [3.63, 3.8) is 0 Å². The fourth-order valence-electron chi connectivity index (χ4n) is 7.91. The van der Waals surface area contributed by atoms with Crippen LogP contribution in [-0.4, -0.2) is 73.0 Å². The van der Waals surface area contributed by atoms with Crippen LogP contribution in [0.4, 0.5) is 5.69 Å². The number of rotatable bonds is 4. The Morgan fingerprint density at radius 2 is 2.09 bits per heavy atom. The van der Waals surface area contributed by atoms with E-state index >= 15 is 0 Å². The zero-order chi connectivity index (χ0) is 23.3. The maximum atomic E-state index is 13.1. The van der Waals surface area contributed by atoms with Gasteiger partial charge in [-0.2, -0.15) is 4.98 Å². The van der Waals surface area contributed by atoms with E-state index in [-0.39, 0.29) is 30.0 Å². The number of pyridine rings is 1. The van der Waals surface area contributed by atoms with Crippen LogP contribution in [0.3, 0.4) is 0 Å². The molecule has 10 nitrogen and oxygen atoms in total. The van der Waals surface area contributed by atoms with Crippen molar-refractivity contribution in [1.29, 1.82) is 0 Å². The number of nitrogens with zero attached hydrogens (tertiary/aromatic N) is 4. The number of H-pyrrole nitrogens is 1. The molecule has 0 radical (unpaired) electrons. The van der Waals surface area contributed by atoms with Crippen molar-refractivity contribution < 1.29 is 19.2 Å². The molecule has 10 heteroatoms. The second-order valence-electron chi connectivity index (χ2n) is 11.4. The second kappa shape index (κ2) is 7.04. The minimum atomic E-state index is -0.484. The van der Waals surface area contributed by atoms with Gasteiger partial charge in [0.25, 0.3) is 0 Å². The lowest BCUT2D eigenvalue weighted by atomic mass is 9.52. The van der Waals surface area contributed by atoms with Crippen LogP contribution in [0.1, 0.15) is 49.2 Å². The van der Waals surface area contributed by atoms with E-state index in [0.29, 0.717) is 36.7 Å². The summed E-state index contributed by atoms with van der Waals surface area (Å²) in [5, 5.41) is 20.0. The van der Waals surface area contributed by atoms with Crippen molar-refractivity contribution in [3.05, 3.63) is 24.4 Å². The number of aliphatic hydroxyl groups is 1. The molecule has 2 saturated heterocycles. The summed E-state index contributed by atoms with van der Waals surface area (Å²) in [4.78, 5) is 27.1. The first-order valence-corrected chi connectivity index (χ1v) is 12.7. The minimum absolute atomic E-state index is 0.00418. The molecule has 0 aromatic carbocycles. The van der Waals surface area contributed by atoms with E-state index in [4.69, 9.17) is 9.26 Å². The molecule has 6 aliphatic rings. The third kappa shape index (κ3) is 3.02. The third-order valence-electron chi connectivity index (χ3n) is 9.15. The molecule has 3 unspecified atom stereocenters. The number of morpholine rings is 1. The maximum absolute atomic E-state index is 13.1. The zero-order valence-electron chi connectivity index (χ0n) is 19.3. The smallest absolute Gasteiger partial charge is 0.316 e. The van der Waals surface area contributed by atoms with Gasteiger partial charge in [0.15, 0.2) is 0 Å². The normalized spacial score (nSPS) is 37.0. The maximum Gasteiger partial charge on any atom is 0.316 e. The number of aromatic amines is 1. The first kappa shape index (κ1) is 20.2. The van der Waals surface area contributed by atoms with Gasteiger partial charge in [-0.3, -0.25) is 4.79 Å². The van der Waals surface area contributed by atoms with Gasteiger partial charge in [0.1, 0.15) is 5.65 Å². The number of likely N-dealkylation sites (tertiary alicyclic amines) is 1. The second-order valence-corrected chi connectivity index (χ2v) is 11.4. The lowest BCUT2D eigenvalue weighted by Gasteiger charge is -2.58. The van der Waals surface area contributed by atoms with Crippen molar-refractivity contribution >= 4 is 22.6 Å². The predicted octanol–water partition coefficient (Wildman–Crippen LogP) is 2.58. The molecule has 3 N–H and O–H groups in total. The largest absolute Gasteiger partial charge is 0.390 e. The van der Waals surface area contributed by atoms with Gasteiger partial charge in [-0.05, 0) is 62.3 Å². The Morgan fingerprint density at radius 1 is 1.23 bits per heavy atom. The van der Waals surface area contributed by atoms with Crippen LogP contribution in [0, 0.1) is 17.8 Å². The highest BCUT2D eigenvalue weighted by Crippen LogP contribution is 2.56. The molecule has 6 fully saturated rings. The van der Waals surface area contributed by atoms with Crippen LogP contribution in [-0.2, 0) is 4.74 Å². The zero-order valence-corrected chi connectivity index (χ0v) is 19.3. The summed E-state index contributed by atoms with van der Waals surface area (Å²) in [6, 6.07) is 2.37. The number of nitrogens with one attached hydrogen (secondary N) is 2. The highest BCUT2D eigenvalue weighted by Gasteiger charge is 2.55. The summed E-state index contributed by atoms with van der Waals surface area (Å²) in [6.45, 7) is 1.14. The summed E-state index contributed by atoms with van der Waals surface area (Å²) >= 11 is 0. The topological polar surface area (TPSA) is 129 Å². The number of hydrogen-bond acceptors (Lipinski definition) is 8. The van der Waals surface area contributed by atoms with Crippen LogP contribution in [0.5, 0.6) is 0 Å². The Labute approximate surface area is 201 Å². The van der Waals surface area contributed by atoms with Gasteiger partial charge in [0.2, 0.25) is 5.82 Å². The van der Waals surface area contributed by atoms with Crippen molar-refractivity contribution in [3.8, 4) is 11.4 Å². The van der Waals surface area contributed by atoms with E-state index in [9.17, 15) is 9.90 Å². The number of carbonyl (C=O) groups excluding carboxylic acids is 1. The Hall–Kier alpha value is -2.98. The molecule has 1 amide bonds. The molecule has 4 aliphatic carbocycles. The molecule has 3 aromatic rings. The van der Waals surface area contributed by atoms with Crippen LogP contribution in [0.15, 0.2) is 23.0 Å². The quantitative estimate of drug-likeness (QED) is 0.524. The fourth-order valence-corrected chi connectivity index (χ4v) is 7.91. The van der Waals surface area contributed by atoms with E-state index < -0.39 is 5.60 Å². The Kier molecular flexibility index (Phi) is 4.07. The van der Waals surface area contributed by atoms with Crippen molar-refractivity contribution in [2.24, 2.45) is 17.8 Å². The molecule has 35 heavy (non-hydrogen) atoms. The molecule has 182 valence electrons. The fraction of sp³-hybridized carbons (Fsp3) is 0.600. The lowest BCUT2D eigenvalue weighted by molar-refractivity contribution is -0.129. The molecule has 3 aromatic heterocycles. The van der Waals surface area contributed by atoms with Crippen LogP contribution in [0.25, 0.3) is 22.4 Å². The number of amides is 1. The Balaban J connectivity index is 1.14. The number of ether oxygens (including phenoxy) is 1. The molecule has 7 atom stereocenters. The molecule has 9 rings (SSSR count). The van der Waals surface area contributed by atoms with Crippen LogP contribution in [0.2, 0.25) is 0 Å². The van der Waals surface area contributed by atoms with Gasteiger partial charge in [-0.25, -0.2) is 4.98 Å². The average Bonchev–Trinajstić information content (AvgIpc) is 3.63. The standard InChI is InChI=1S/C25H28N6O4/c32-24(31-10-16-5-15(31)11-34-16)23-29-22(30-35-23)18-9-27-21-17(1-2-26-21)20(18)28-19-13-3-12-4-14(19)8-25(33,6-12)7-13/h1-2,9,12-16,19,33H,3-8,10-11H2,(H2,26,27,28)/t12?,13-,14+,15-,16-,19?,25?/m0/s1. The van der Waals surface area contributed by atoms with Crippen LogP contribution >= 0.6 is 0 Å². The number of anilines is 1. The highest BCUT2D eigenvalue weighted by molar-refractivity contribution is 5.98. The number of hydrogen-bond donors (Lipinski definition) is 3. The van der Waals surface area contributed by atoms with E-state index in [1.54, 1.807) is 11.1 Å². The van der Waals surface area contributed by atoms with Gasteiger partial charge >= 0.3 is 11.8 Å². The monoisotopic (exact) mass is 476 g/mol. The van der Waals surface area contributed by atoms with Gasteiger partial charge < -0.3 is 29.6 Å². The number of aromatic nitrogens is 4.